The van der Waals surface area contributed by atoms with Gasteiger partial charge in [-0.1, -0.05) is 55.8 Å². The van der Waals surface area contributed by atoms with Crippen molar-refractivity contribution in [3.05, 3.63) is 35.9 Å². The van der Waals surface area contributed by atoms with E-state index in [9.17, 15) is 14.4 Å². The minimum atomic E-state index is -1.94. The average molecular weight is 522 g/mol. The number of fused-ring (bicyclic) bond motifs is 3. The molecule has 6 atom stereocenters. The molecule has 10 heteroatoms. The summed E-state index contributed by atoms with van der Waals surface area (Å²) in [5.74, 6) is -0.971. The number of benzene rings is 1. The van der Waals surface area contributed by atoms with E-state index in [1.165, 1.54) is 7.11 Å². The highest BCUT2D eigenvalue weighted by atomic mass is 35.5. The molecule has 196 valence electrons. The predicted molar refractivity (Wildman–Crippen MR) is 127 cm³/mol. The van der Waals surface area contributed by atoms with E-state index >= 15 is 0 Å². The number of esters is 1. The van der Waals surface area contributed by atoms with Gasteiger partial charge in [-0.25, -0.2) is 14.5 Å². The summed E-state index contributed by atoms with van der Waals surface area (Å²) in [6.07, 6.45) is -1.73. The van der Waals surface area contributed by atoms with Crippen LogP contribution in [0.1, 0.15) is 38.7 Å². The van der Waals surface area contributed by atoms with Gasteiger partial charge in [-0.3, -0.25) is 4.79 Å². The van der Waals surface area contributed by atoms with Gasteiger partial charge in [-0.15, -0.1) is 0 Å². The lowest BCUT2D eigenvalue weighted by atomic mass is 9.67. The summed E-state index contributed by atoms with van der Waals surface area (Å²) in [4.78, 5) is 39.7. The van der Waals surface area contributed by atoms with Gasteiger partial charge < -0.3 is 23.7 Å². The molecule has 4 fully saturated rings. The van der Waals surface area contributed by atoms with Crippen LogP contribution in [0.25, 0.3) is 0 Å². The molecule has 2 aliphatic carbocycles. The number of cyclic esters (lactones) is 1. The summed E-state index contributed by atoms with van der Waals surface area (Å²) in [7, 11) is 1.35. The number of alkyl halides is 1. The van der Waals surface area contributed by atoms with Crippen LogP contribution in [0.2, 0.25) is 0 Å². The normalized spacial score (nSPS) is 37.7. The van der Waals surface area contributed by atoms with E-state index in [1.54, 1.807) is 0 Å². The van der Waals surface area contributed by atoms with Crippen molar-refractivity contribution in [2.45, 2.75) is 63.0 Å². The molecule has 2 heterocycles. The fraction of sp³-hybridized carbons (Fsp3) is 0.654. The third kappa shape index (κ3) is 3.66. The molecule has 4 aliphatic rings. The van der Waals surface area contributed by atoms with Gasteiger partial charge in [0.25, 0.3) is 0 Å². The predicted octanol–water partition coefficient (Wildman–Crippen LogP) is 3.27. The van der Waals surface area contributed by atoms with Crippen molar-refractivity contribution < 1.29 is 38.1 Å². The standard InChI is InChI=1S/C26H32ClNO8/c1-24(2)17-9-10-25(24)18(13-17)34-11-12-35-22(30)26(27,15-33-14-16-7-5-4-6-8-16)19-20(32-3)28(21(25)29)23(31)36-19/h4-8,17-20H,9-15H2,1-3H3/t17-,18-,19-,20+,25+,26?/m0/s1. The molecule has 0 aromatic heterocycles. The molecule has 4 bridgehead atoms. The minimum Gasteiger partial charge on any atom is -0.462 e. The lowest BCUT2D eigenvalue weighted by Gasteiger charge is -2.43. The van der Waals surface area contributed by atoms with Crippen molar-refractivity contribution >= 4 is 29.6 Å². The maximum atomic E-state index is 14.2. The van der Waals surface area contributed by atoms with E-state index in [0.717, 1.165) is 16.9 Å². The van der Waals surface area contributed by atoms with Crippen molar-refractivity contribution in [3.63, 3.8) is 0 Å². The van der Waals surface area contributed by atoms with Crippen molar-refractivity contribution in [1.29, 1.82) is 0 Å². The lowest BCUT2D eigenvalue weighted by molar-refractivity contribution is -0.174. The molecule has 2 amide bonds. The second kappa shape index (κ2) is 9.28. The lowest BCUT2D eigenvalue weighted by Crippen LogP contribution is -2.60. The molecule has 2 aliphatic heterocycles. The van der Waals surface area contributed by atoms with Gasteiger partial charge in [0.05, 0.1) is 31.3 Å². The zero-order chi connectivity index (χ0) is 25.7. The van der Waals surface area contributed by atoms with Crippen LogP contribution in [0.3, 0.4) is 0 Å². The Bertz CT molecular complexity index is 1030. The van der Waals surface area contributed by atoms with Crippen molar-refractivity contribution in [2.24, 2.45) is 16.7 Å². The fourth-order valence-electron chi connectivity index (χ4n) is 6.65. The van der Waals surface area contributed by atoms with Gasteiger partial charge in [0.1, 0.15) is 6.61 Å². The first-order valence-electron chi connectivity index (χ1n) is 12.3. The molecular formula is C26H32ClNO8. The number of rotatable bonds is 5. The monoisotopic (exact) mass is 521 g/mol. The molecule has 0 N–H and O–H groups in total. The number of carbonyl (C=O) groups is 3. The van der Waals surface area contributed by atoms with Crippen LogP contribution >= 0.6 is 11.6 Å². The van der Waals surface area contributed by atoms with Gasteiger partial charge >= 0.3 is 12.1 Å². The third-order valence-corrected chi connectivity index (χ3v) is 9.21. The van der Waals surface area contributed by atoms with Gasteiger partial charge in [0.2, 0.25) is 10.8 Å². The summed E-state index contributed by atoms with van der Waals surface area (Å²) in [6.45, 7) is 4.01. The highest BCUT2D eigenvalue weighted by molar-refractivity contribution is 6.35. The molecule has 1 aromatic carbocycles. The number of amides is 2. The van der Waals surface area contributed by atoms with Crippen molar-refractivity contribution in [2.75, 3.05) is 26.9 Å². The summed E-state index contributed by atoms with van der Waals surface area (Å²) in [5, 5.41) is 0. The van der Waals surface area contributed by atoms with E-state index in [1.807, 2.05) is 30.3 Å². The van der Waals surface area contributed by atoms with Gasteiger partial charge in [-0.2, -0.15) is 0 Å². The molecule has 5 rings (SSSR count). The maximum Gasteiger partial charge on any atom is 0.419 e. The summed E-state index contributed by atoms with van der Waals surface area (Å²) in [6, 6.07) is 9.37. The Kier molecular flexibility index (Phi) is 6.56. The molecule has 1 aromatic rings. The number of hydrogen-bond acceptors (Lipinski definition) is 8. The Labute approximate surface area is 215 Å². The highest BCUT2D eigenvalue weighted by Crippen LogP contribution is 2.67. The third-order valence-electron chi connectivity index (χ3n) is 8.74. The van der Waals surface area contributed by atoms with Crippen LogP contribution in [0.15, 0.2) is 30.3 Å². The van der Waals surface area contributed by atoms with Crippen LogP contribution in [0, 0.1) is 16.7 Å². The smallest absolute Gasteiger partial charge is 0.419 e. The van der Waals surface area contributed by atoms with Crippen molar-refractivity contribution in [1.82, 2.24) is 4.90 Å². The zero-order valence-corrected chi connectivity index (χ0v) is 21.5. The Balaban J connectivity index is 1.48. The molecule has 0 radical (unpaired) electrons. The molecule has 9 nitrogen and oxygen atoms in total. The van der Waals surface area contributed by atoms with Crippen LogP contribution in [-0.4, -0.2) is 73.1 Å². The molecule has 1 spiro atoms. The van der Waals surface area contributed by atoms with E-state index in [4.69, 9.17) is 35.3 Å². The minimum absolute atomic E-state index is 0.0557. The Morgan fingerprint density at radius 2 is 1.89 bits per heavy atom. The quantitative estimate of drug-likeness (QED) is 0.430. The molecule has 2 saturated carbocycles. The maximum absolute atomic E-state index is 14.2. The zero-order valence-electron chi connectivity index (χ0n) is 20.7. The Hall–Kier alpha value is -2.20. The van der Waals surface area contributed by atoms with Gasteiger partial charge in [-0.05, 0) is 36.2 Å². The van der Waals surface area contributed by atoms with Crippen LogP contribution in [0.4, 0.5) is 4.79 Å². The summed E-state index contributed by atoms with van der Waals surface area (Å²) in [5.41, 5.74) is -0.450. The number of halogens is 1. The molecule has 36 heavy (non-hydrogen) atoms. The van der Waals surface area contributed by atoms with Crippen LogP contribution in [0.5, 0.6) is 0 Å². The molecule has 1 unspecified atom stereocenters. The van der Waals surface area contributed by atoms with E-state index in [-0.39, 0.29) is 32.3 Å². The number of hydrogen-bond donors (Lipinski definition) is 0. The number of ether oxygens (including phenoxy) is 5. The summed E-state index contributed by atoms with van der Waals surface area (Å²) < 4.78 is 28.7. The number of carbonyl (C=O) groups excluding carboxylic acids is 3. The average Bonchev–Trinajstić information content (AvgIpc) is 3.42. The number of methoxy groups -OCH3 is 1. The van der Waals surface area contributed by atoms with Crippen LogP contribution < -0.4 is 0 Å². The first kappa shape index (κ1) is 25.4. The largest absolute Gasteiger partial charge is 0.462 e. The van der Waals surface area contributed by atoms with E-state index < -0.39 is 52.1 Å². The molecule has 2 saturated heterocycles. The van der Waals surface area contributed by atoms with E-state index in [0.29, 0.717) is 12.8 Å². The highest BCUT2D eigenvalue weighted by Gasteiger charge is 2.72. The SMILES string of the molecule is CO[C@@H]1[C@@H]2OC(=O)N1C(=O)[C@@]13CC[C@@H](C[C@@H]1OCCOC(=O)C2(Cl)COCc1ccccc1)C3(C)C. The van der Waals surface area contributed by atoms with Gasteiger partial charge in [0, 0.05) is 7.11 Å². The van der Waals surface area contributed by atoms with E-state index in [2.05, 4.69) is 13.8 Å². The second-order valence-corrected chi connectivity index (χ2v) is 11.3. The van der Waals surface area contributed by atoms with Crippen LogP contribution in [-0.2, 0) is 39.9 Å². The fourth-order valence-corrected chi connectivity index (χ4v) is 6.93. The Morgan fingerprint density at radius 3 is 2.58 bits per heavy atom. The Morgan fingerprint density at radius 1 is 1.14 bits per heavy atom. The first-order chi connectivity index (χ1) is 17.2. The summed E-state index contributed by atoms with van der Waals surface area (Å²) >= 11 is 6.88. The van der Waals surface area contributed by atoms with Crippen molar-refractivity contribution in [3.8, 4) is 0 Å². The number of nitrogens with zero attached hydrogens (tertiary/aromatic N) is 1. The topological polar surface area (TPSA) is 101 Å². The number of imide groups is 1. The van der Waals surface area contributed by atoms with Gasteiger partial charge in [0.15, 0.2) is 12.3 Å². The first-order valence-corrected chi connectivity index (χ1v) is 12.7. The molecular weight excluding hydrogens is 490 g/mol. The second-order valence-electron chi connectivity index (χ2n) is 10.6.